The fraction of sp³-hybridized carbons (Fsp3) is 0.625. The second kappa shape index (κ2) is 3.55. The molecule has 2 N–H and O–H groups in total. The van der Waals surface area contributed by atoms with E-state index < -0.39 is 0 Å². The molecule has 0 amide bonds. The second-order valence-electron chi connectivity index (χ2n) is 3.80. The minimum absolute atomic E-state index is 0.107. The van der Waals surface area contributed by atoms with E-state index in [-0.39, 0.29) is 5.41 Å². The monoisotopic (exact) mass is 182 g/mol. The molecule has 0 radical (unpaired) electrons. The van der Waals surface area contributed by atoms with Crippen LogP contribution in [0.2, 0.25) is 0 Å². The molecule has 0 atom stereocenters. The van der Waals surface area contributed by atoms with Crippen molar-refractivity contribution in [3.05, 3.63) is 12.2 Å². The first-order valence-electron chi connectivity index (χ1n) is 4.06. The molecule has 0 aliphatic rings. The lowest BCUT2D eigenvalue weighted by atomic mass is 9.95. The number of aromatic nitrogens is 2. The van der Waals surface area contributed by atoms with Crippen molar-refractivity contribution in [2.75, 3.05) is 0 Å². The van der Waals surface area contributed by atoms with E-state index in [9.17, 15) is 0 Å². The lowest BCUT2D eigenvalue weighted by Crippen LogP contribution is -2.29. The van der Waals surface area contributed by atoms with Gasteiger partial charge in [0.1, 0.15) is 6.54 Å². The van der Waals surface area contributed by atoms with Gasteiger partial charge in [0.05, 0.1) is 5.84 Å². The number of hydrogen-bond acceptors (Lipinski definition) is 4. The Kier molecular flexibility index (Phi) is 2.65. The molecule has 0 unspecified atom stereocenters. The summed E-state index contributed by atoms with van der Waals surface area (Å²) in [6.45, 7) is 6.38. The topological polar surface area (TPSA) is 77.3 Å². The van der Waals surface area contributed by atoms with Gasteiger partial charge in [0.15, 0.2) is 5.82 Å². The first-order chi connectivity index (χ1) is 6.00. The van der Waals surface area contributed by atoms with Crippen molar-refractivity contribution < 1.29 is 4.52 Å². The van der Waals surface area contributed by atoms with Crippen LogP contribution in [0.3, 0.4) is 0 Å². The summed E-state index contributed by atoms with van der Waals surface area (Å²) < 4.78 is 4.56. The smallest absolute Gasteiger partial charge is 0.213 e. The normalized spacial score (nSPS) is 13.3. The van der Waals surface area contributed by atoms with Gasteiger partial charge < -0.3 is 10.3 Å². The van der Waals surface area contributed by atoms with Crippen LogP contribution in [0.15, 0.2) is 15.9 Å². The fourth-order valence-electron chi connectivity index (χ4n) is 0.655. The molecular formula is C8H14N4O. The Bertz CT molecular complexity index is 284. The predicted octanol–water partition coefficient (Wildman–Crippen LogP) is 0.973. The molecule has 0 aliphatic carbocycles. The number of rotatable bonds is 2. The maximum absolute atomic E-state index is 5.73. The molecule has 0 saturated carbocycles. The van der Waals surface area contributed by atoms with Gasteiger partial charge in [-0.2, -0.15) is 4.98 Å². The zero-order chi connectivity index (χ0) is 9.90. The summed E-state index contributed by atoms with van der Waals surface area (Å²) in [4.78, 5) is 7.98. The molecule has 0 aliphatic heterocycles. The number of aliphatic imine (C=N–C) groups is 1. The van der Waals surface area contributed by atoms with Gasteiger partial charge in [-0.15, -0.1) is 0 Å². The van der Waals surface area contributed by atoms with Crippen molar-refractivity contribution in [3.8, 4) is 0 Å². The van der Waals surface area contributed by atoms with E-state index in [0.717, 1.165) is 0 Å². The molecule has 13 heavy (non-hydrogen) atoms. The van der Waals surface area contributed by atoms with Crippen LogP contribution in [0, 0.1) is 5.41 Å². The molecule has 5 nitrogen and oxygen atoms in total. The maximum atomic E-state index is 5.73. The number of amidine groups is 1. The third-order valence-corrected chi connectivity index (χ3v) is 1.57. The molecule has 0 bridgehead atoms. The minimum Gasteiger partial charge on any atom is -0.387 e. The average Bonchev–Trinajstić information content (AvgIpc) is 2.50. The van der Waals surface area contributed by atoms with E-state index >= 15 is 0 Å². The quantitative estimate of drug-likeness (QED) is 0.546. The highest BCUT2D eigenvalue weighted by Gasteiger charge is 2.15. The van der Waals surface area contributed by atoms with Crippen LogP contribution in [0.5, 0.6) is 0 Å². The van der Waals surface area contributed by atoms with Crippen molar-refractivity contribution >= 4 is 5.84 Å². The summed E-state index contributed by atoms with van der Waals surface area (Å²) in [7, 11) is 0. The molecule has 1 aromatic rings. The van der Waals surface area contributed by atoms with Gasteiger partial charge in [-0.1, -0.05) is 25.9 Å². The van der Waals surface area contributed by atoms with E-state index in [2.05, 4.69) is 19.7 Å². The molecule has 0 aromatic carbocycles. The van der Waals surface area contributed by atoms with E-state index in [4.69, 9.17) is 5.73 Å². The van der Waals surface area contributed by atoms with Crippen LogP contribution in [0.4, 0.5) is 0 Å². The first-order valence-corrected chi connectivity index (χ1v) is 4.06. The van der Waals surface area contributed by atoms with E-state index in [0.29, 0.717) is 18.2 Å². The highest BCUT2D eigenvalue weighted by Crippen LogP contribution is 2.12. The lowest BCUT2D eigenvalue weighted by Gasteiger charge is -2.16. The maximum Gasteiger partial charge on any atom is 0.213 e. The zero-order valence-electron chi connectivity index (χ0n) is 8.11. The van der Waals surface area contributed by atoms with E-state index in [1.165, 1.54) is 6.39 Å². The summed E-state index contributed by atoms with van der Waals surface area (Å²) in [5, 5.41) is 3.62. The summed E-state index contributed by atoms with van der Waals surface area (Å²) in [6, 6.07) is 0. The molecule has 5 heteroatoms. The van der Waals surface area contributed by atoms with Gasteiger partial charge in [0, 0.05) is 5.41 Å². The number of nitrogens with zero attached hydrogens (tertiary/aromatic N) is 3. The van der Waals surface area contributed by atoms with Gasteiger partial charge >= 0.3 is 0 Å². The van der Waals surface area contributed by atoms with Gasteiger partial charge in [-0.3, -0.25) is 4.99 Å². The predicted molar refractivity (Wildman–Crippen MR) is 49.1 cm³/mol. The molecule has 0 saturated heterocycles. The minimum atomic E-state index is -0.107. The highest BCUT2D eigenvalue weighted by atomic mass is 16.5. The summed E-state index contributed by atoms with van der Waals surface area (Å²) >= 11 is 0. The van der Waals surface area contributed by atoms with Crippen molar-refractivity contribution in [2.45, 2.75) is 27.3 Å². The standard InChI is InChI=1S/C8H14N4O/c1-8(2,3)7(9)10-4-6-11-5-13-12-6/h5H,4H2,1-3H3,(H2,9,10). The van der Waals surface area contributed by atoms with Gasteiger partial charge in [-0.05, 0) is 0 Å². The zero-order valence-corrected chi connectivity index (χ0v) is 8.11. The summed E-state index contributed by atoms with van der Waals surface area (Å²) in [5.74, 6) is 1.14. The van der Waals surface area contributed by atoms with Crippen molar-refractivity contribution in [2.24, 2.45) is 16.1 Å². The SMILES string of the molecule is CC(C)(C)C(N)=NCc1ncon1. The van der Waals surface area contributed by atoms with Crippen LogP contribution < -0.4 is 5.73 Å². The molecule has 1 rings (SSSR count). The lowest BCUT2D eigenvalue weighted by molar-refractivity contribution is 0.410. The van der Waals surface area contributed by atoms with Crippen LogP contribution in [0.25, 0.3) is 0 Å². The van der Waals surface area contributed by atoms with Crippen LogP contribution in [-0.4, -0.2) is 16.0 Å². The van der Waals surface area contributed by atoms with Crippen molar-refractivity contribution in [3.63, 3.8) is 0 Å². The Morgan fingerprint density at radius 3 is 2.77 bits per heavy atom. The Labute approximate surface area is 77.0 Å². The van der Waals surface area contributed by atoms with Crippen molar-refractivity contribution in [1.29, 1.82) is 0 Å². The number of hydrogen-bond donors (Lipinski definition) is 1. The third-order valence-electron chi connectivity index (χ3n) is 1.57. The Balaban J connectivity index is 2.59. The van der Waals surface area contributed by atoms with Crippen LogP contribution in [0.1, 0.15) is 26.6 Å². The largest absolute Gasteiger partial charge is 0.387 e. The van der Waals surface area contributed by atoms with E-state index in [1.54, 1.807) is 0 Å². The molecule has 1 aromatic heterocycles. The third kappa shape index (κ3) is 2.85. The molecule has 0 fully saturated rings. The molecule has 72 valence electrons. The second-order valence-corrected chi connectivity index (χ2v) is 3.80. The Morgan fingerprint density at radius 1 is 1.62 bits per heavy atom. The van der Waals surface area contributed by atoms with Gasteiger partial charge in [-0.25, -0.2) is 0 Å². The summed E-state index contributed by atoms with van der Waals surface area (Å²) in [6.07, 6.45) is 1.28. The highest BCUT2D eigenvalue weighted by molar-refractivity contribution is 5.85. The number of nitrogens with two attached hydrogens (primary N) is 1. The van der Waals surface area contributed by atoms with Crippen molar-refractivity contribution in [1.82, 2.24) is 10.1 Å². The fourth-order valence-corrected chi connectivity index (χ4v) is 0.655. The Morgan fingerprint density at radius 2 is 2.31 bits per heavy atom. The first kappa shape index (κ1) is 9.70. The molecule has 1 heterocycles. The molecular weight excluding hydrogens is 168 g/mol. The van der Waals surface area contributed by atoms with Crippen LogP contribution >= 0.6 is 0 Å². The van der Waals surface area contributed by atoms with Gasteiger partial charge in [0.25, 0.3) is 0 Å². The summed E-state index contributed by atoms with van der Waals surface area (Å²) in [5.41, 5.74) is 5.62. The van der Waals surface area contributed by atoms with Crippen LogP contribution in [-0.2, 0) is 6.54 Å². The van der Waals surface area contributed by atoms with Gasteiger partial charge in [0.2, 0.25) is 6.39 Å². The van der Waals surface area contributed by atoms with E-state index in [1.807, 2.05) is 20.8 Å². The average molecular weight is 182 g/mol. The molecule has 0 spiro atoms. The Hall–Kier alpha value is -1.39.